The van der Waals surface area contributed by atoms with Gasteiger partial charge >= 0.3 is 0 Å². The summed E-state index contributed by atoms with van der Waals surface area (Å²) < 4.78 is 11.2. The zero-order chi connectivity index (χ0) is 17.6. The van der Waals surface area contributed by atoms with Crippen LogP contribution in [0, 0.1) is 5.92 Å². The minimum absolute atomic E-state index is 0.00996. The lowest BCUT2D eigenvalue weighted by atomic mass is 9.95. The lowest BCUT2D eigenvalue weighted by Gasteiger charge is -2.25. The summed E-state index contributed by atoms with van der Waals surface area (Å²) in [7, 11) is 0. The molecule has 132 valence electrons. The van der Waals surface area contributed by atoms with Crippen LogP contribution in [0.5, 0.6) is 11.5 Å². The van der Waals surface area contributed by atoms with Gasteiger partial charge in [-0.2, -0.15) is 0 Å². The Morgan fingerprint density at radius 3 is 2.72 bits per heavy atom. The highest BCUT2D eigenvalue weighted by Crippen LogP contribution is 2.34. The summed E-state index contributed by atoms with van der Waals surface area (Å²) in [6.07, 6.45) is 1.73. The number of hydrogen-bond acceptors (Lipinski definition) is 5. The molecule has 0 saturated carbocycles. The number of aromatic nitrogens is 1. The van der Waals surface area contributed by atoms with Gasteiger partial charge in [-0.15, -0.1) is 0 Å². The number of thioether (sulfide) groups is 1. The smallest absolute Gasteiger partial charge is 0.230 e. The molecule has 1 atom stereocenters. The van der Waals surface area contributed by atoms with Gasteiger partial charge in [0.2, 0.25) is 5.91 Å². The fraction of sp³-hybridized carbons (Fsp3) is 0.368. The van der Waals surface area contributed by atoms with Crippen molar-refractivity contribution in [3.8, 4) is 11.5 Å². The van der Waals surface area contributed by atoms with Gasteiger partial charge < -0.3 is 14.8 Å². The van der Waals surface area contributed by atoms with E-state index < -0.39 is 0 Å². The van der Waals surface area contributed by atoms with Crippen LogP contribution in [-0.4, -0.2) is 29.9 Å². The van der Waals surface area contributed by atoms with Crippen LogP contribution >= 0.6 is 11.8 Å². The van der Waals surface area contributed by atoms with Crippen LogP contribution in [0.2, 0.25) is 0 Å². The van der Waals surface area contributed by atoms with E-state index in [9.17, 15) is 4.79 Å². The molecule has 6 heteroatoms. The summed E-state index contributed by atoms with van der Waals surface area (Å²) in [5.74, 6) is 2.08. The van der Waals surface area contributed by atoms with Crippen LogP contribution in [-0.2, 0) is 4.79 Å². The van der Waals surface area contributed by atoms with E-state index in [-0.39, 0.29) is 17.9 Å². The maximum Gasteiger partial charge on any atom is 0.230 e. The van der Waals surface area contributed by atoms with Gasteiger partial charge in [-0.1, -0.05) is 37.7 Å². The van der Waals surface area contributed by atoms with Gasteiger partial charge in [0, 0.05) is 6.20 Å². The molecule has 0 bridgehead atoms. The van der Waals surface area contributed by atoms with Gasteiger partial charge in [0.1, 0.15) is 13.2 Å². The van der Waals surface area contributed by atoms with E-state index in [0.29, 0.717) is 19.0 Å². The Bertz CT molecular complexity index is 722. The molecule has 0 saturated heterocycles. The molecule has 1 aliphatic rings. The lowest BCUT2D eigenvalue weighted by Crippen LogP contribution is -2.33. The number of nitrogens with one attached hydrogen (secondary N) is 1. The largest absolute Gasteiger partial charge is 0.486 e. The third-order valence-electron chi connectivity index (χ3n) is 3.90. The first-order chi connectivity index (χ1) is 12.1. The molecule has 3 rings (SSSR count). The maximum absolute atomic E-state index is 12.4. The summed E-state index contributed by atoms with van der Waals surface area (Å²) in [5.41, 5.74) is 1.02. The predicted molar refractivity (Wildman–Crippen MR) is 98.1 cm³/mol. The molecular formula is C19H22N2O3S. The van der Waals surface area contributed by atoms with Crippen LogP contribution in [0.25, 0.3) is 0 Å². The number of hydrogen-bond donors (Lipinski definition) is 1. The SMILES string of the molecule is CC(C)[C@@H](NC(=O)CSc1ccccn1)c1ccc2c(c1)OCCO2. The van der Waals surface area contributed by atoms with E-state index in [0.717, 1.165) is 22.1 Å². The van der Waals surface area contributed by atoms with Crippen LogP contribution < -0.4 is 14.8 Å². The van der Waals surface area contributed by atoms with E-state index in [1.54, 1.807) is 6.20 Å². The third-order valence-corrected chi connectivity index (χ3v) is 4.84. The summed E-state index contributed by atoms with van der Waals surface area (Å²) in [6, 6.07) is 11.5. The summed E-state index contributed by atoms with van der Waals surface area (Å²) in [4.78, 5) is 16.6. The first-order valence-electron chi connectivity index (χ1n) is 8.36. The Morgan fingerprint density at radius 2 is 2.00 bits per heavy atom. The molecule has 1 aromatic carbocycles. The number of fused-ring (bicyclic) bond motifs is 1. The molecule has 1 N–H and O–H groups in total. The van der Waals surface area contributed by atoms with Crippen molar-refractivity contribution in [1.82, 2.24) is 10.3 Å². The maximum atomic E-state index is 12.4. The van der Waals surface area contributed by atoms with Crippen molar-refractivity contribution in [2.45, 2.75) is 24.9 Å². The second-order valence-corrected chi connectivity index (χ2v) is 7.14. The molecule has 1 aromatic heterocycles. The number of ether oxygens (including phenoxy) is 2. The van der Waals surface area contributed by atoms with E-state index in [4.69, 9.17) is 9.47 Å². The first-order valence-corrected chi connectivity index (χ1v) is 9.35. The predicted octanol–water partition coefficient (Wildman–Crippen LogP) is 3.46. The number of carbonyl (C=O) groups is 1. The van der Waals surface area contributed by atoms with E-state index in [1.807, 2.05) is 36.4 Å². The van der Waals surface area contributed by atoms with Crippen molar-refractivity contribution in [1.29, 1.82) is 0 Å². The number of carbonyl (C=O) groups excluding carboxylic acids is 1. The fourth-order valence-electron chi connectivity index (χ4n) is 2.68. The topological polar surface area (TPSA) is 60.5 Å². The summed E-state index contributed by atoms with van der Waals surface area (Å²) >= 11 is 1.43. The Hall–Kier alpha value is -2.21. The van der Waals surface area contributed by atoms with Crippen molar-refractivity contribution < 1.29 is 14.3 Å². The van der Waals surface area contributed by atoms with Crippen molar-refractivity contribution in [2.75, 3.05) is 19.0 Å². The highest BCUT2D eigenvalue weighted by Gasteiger charge is 2.21. The van der Waals surface area contributed by atoms with Gasteiger partial charge in [-0.05, 0) is 35.7 Å². The van der Waals surface area contributed by atoms with Crippen LogP contribution in [0.3, 0.4) is 0 Å². The van der Waals surface area contributed by atoms with Gasteiger partial charge in [-0.25, -0.2) is 4.98 Å². The quantitative estimate of drug-likeness (QED) is 0.802. The van der Waals surface area contributed by atoms with Crippen molar-refractivity contribution in [2.24, 2.45) is 5.92 Å². The summed E-state index contributed by atoms with van der Waals surface area (Å²) in [6.45, 7) is 5.30. The normalized spacial score (nSPS) is 14.2. The molecular weight excluding hydrogens is 336 g/mol. The molecule has 1 amide bonds. The van der Waals surface area contributed by atoms with Crippen LogP contribution in [0.4, 0.5) is 0 Å². The number of benzene rings is 1. The number of rotatable bonds is 6. The van der Waals surface area contributed by atoms with E-state index in [2.05, 4.69) is 24.1 Å². The third kappa shape index (κ3) is 4.66. The average Bonchev–Trinajstić information content (AvgIpc) is 2.64. The monoisotopic (exact) mass is 358 g/mol. The molecule has 5 nitrogen and oxygen atoms in total. The van der Waals surface area contributed by atoms with Crippen LogP contribution in [0.1, 0.15) is 25.5 Å². The Labute approximate surface area is 152 Å². The summed E-state index contributed by atoms with van der Waals surface area (Å²) in [5, 5.41) is 3.97. The molecule has 0 radical (unpaired) electrons. The zero-order valence-electron chi connectivity index (χ0n) is 14.4. The molecule has 1 aliphatic heterocycles. The second kappa shape index (κ2) is 8.25. The fourth-order valence-corrected chi connectivity index (χ4v) is 3.35. The lowest BCUT2D eigenvalue weighted by molar-refractivity contribution is -0.119. The molecule has 0 fully saturated rings. The molecule has 25 heavy (non-hydrogen) atoms. The highest BCUT2D eigenvalue weighted by molar-refractivity contribution is 7.99. The molecule has 2 aromatic rings. The van der Waals surface area contributed by atoms with Crippen molar-refractivity contribution in [3.05, 3.63) is 48.2 Å². The van der Waals surface area contributed by atoms with Gasteiger partial charge in [0.15, 0.2) is 11.5 Å². The van der Waals surface area contributed by atoms with Gasteiger partial charge in [0.05, 0.1) is 16.8 Å². The minimum atomic E-state index is -0.0762. The van der Waals surface area contributed by atoms with Gasteiger partial charge in [0.25, 0.3) is 0 Å². The molecule has 2 heterocycles. The Kier molecular flexibility index (Phi) is 5.81. The van der Waals surface area contributed by atoms with Crippen molar-refractivity contribution >= 4 is 17.7 Å². The zero-order valence-corrected chi connectivity index (χ0v) is 15.2. The van der Waals surface area contributed by atoms with Crippen LogP contribution in [0.15, 0.2) is 47.6 Å². The number of nitrogens with zero attached hydrogens (tertiary/aromatic N) is 1. The molecule has 0 unspecified atom stereocenters. The van der Waals surface area contributed by atoms with E-state index in [1.165, 1.54) is 11.8 Å². The van der Waals surface area contributed by atoms with E-state index >= 15 is 0 Å². The minimum Gasteiger partial charge on any atom is -0.486 e. The second-order valence-electron chi connectivity index (χ2n) is 6.15. The van der Waals surface area contributed by atoms with Crippen molar-refractivity contribution in [3.63, 3.8) is 0 Å². The van der Waals surface area contributed by atoms with Gasteiger partial charge in [-0.3, -0.25) is 4.79 Å². The standard InChI is InChI=1S/C19H22N2O3S/c1-13(2)19(14-6-7-15-16(11-14)24-10-9-23-15)21-17(22)12-25-18-5-3-4-8-20-18/h3-8,11,13,19H,9-10,12H2,1-2H3,(H,21,22)/t19-/m1/s1. The molecule has 0 aliphatic carbocycles. The Morgan fingerprint density at radius 1 is 1.20 bits per heavy atom. The Balaban J connectivity index is 1.65. The number of amides is 1. The average molecular weight is 358 g/mol. The number of pyridine rings is 1. The first kappa shape index (κ1) is 17.6. The highest BCUT2D eigenvalue weighted by atomic mass is 32.2. The molecule has 0 spiro atoms.